The van der Waals surface area contributed by atoms with Gasteiger partial charge in [-0.3, -0.25) is 4.79 Å². The van der Waals surface area contributed by atoms with E-state index in [2.05, 4.69) is 4.74 Å². The van der Waals surface area contributed by atoms with E-state index < -0.39 is 67.4 Å². The average Bonchev–Trinajstić information content (AvgIpc) is 2.44. The number of rotatable bonds is 8. The summed E-state index contributed by atoms with van der Waals surface area (Å²) in [6.45, 7) is -0.481. The van der Waals surface area contributed by atoms with Crippen LogP contribution in [0.25, 0.3) is 0 Å². The Labute approximate surface area is 144 Å². The van der Waals surface area contributed by atoms with E-state index in [1.165, 1.54) is 13.8 Å². The molecule has 0 fully saturated rings. The van der Waals surface area contributed by atoms with E-state index >= 15 is 0 Å². The summed E-state index contributed by atoms with van der Waals surface area (Å²) in [5.74, 6) is -29.4. The Hall–Kier alpha value is -1.37. The van der Waals surface area contributed by atoms with Crippen LogP contribution >= 0.6 is 0 Å². The number of hydrogen-bond donors (Lipinski definition) is 0. The summed E-state index contributed by atoms with van der Waals surface area (Å²) in [5.41, 5.74) is -6.43. The second-order valence-corrected chi connectivity index (χ2v) is 6.00. The van der Waals surface area contributed by atoms with Gasteiger partial charge in [-0.25, -0.2) is 4.39 Å². The monoisotopic (exact) mass is 430 g/mol. The molecular formula is C13H14F12O2. The molecule has 0 N–H and O–H groups in total. The number of carbonyl (C=O) groups is 1. The summed E-state index contributed by atoms with van der Waals surface area (Å²) in [4.78, 5) is 11.0. The lowest BCUT2D eigenvalue weighted by atomic mass is 9.84. The van der Waals surface area contributed by atoms with Gasteiger partial charge in [0.25, 0.3) is 0 Å². The van der Waals surface area contributed by atoms with Gasteiger partial charge in [-0.15, -0.1) is 0 Å². The van der Waals surface area contributed by atoms with Crippen molar-refractivity contribution < 1.29 is 62.2 Å². The zero-order chi connectivity index (χ0) is 22.3. The van der Waals surface area contributed by atoms with Crippen LogP contribution in [0.15, 0.2) is 0 Å². The van der Waals surface area contributed by atoms with Gasteiger partial charge in [0.15, 0.2) is 0 Å². The van der Waals surface area contributed by atoms with E-state index in [-0.39, 0.29) is 0 Å². The van der Waals surface area contributed by atoms with Crippen molar-refractivity contribution in [2.45, 2.75) is 62.7 Å². The molecule has 27 heavy (non-hydrogen) atoms. The van der Waals surface area contributed by atoms with Gasteiger partial charge in [-0.05, 0) is 6.92 Å². The van der Waals surface area contributed by atoms with Crippen molar-refractivity contribution in [2.24, 2.45) is 5.92 Å². The molecule has 0 spiro atoms. The van der Waals surface area contributed by atoms with Gasteiger partial charge < -0.3 is 4.74 Å². The summed E-state index contributed by atoms with van der Waals surface area (Å²) in [7, 11) is 0. The molecule has 0 radical (unpaired) electrons. The maximum atomic E-state index is 13.6. The standard InChI is InChI=1S/C13H14F12O2/c1-6(2)7(26)27-5-4-9(15,16)12(21,22)10(17,18)8(3,14)11(19,20)13(23,24)25/h6H,4-5H2,1-3H3. The summed E-state index contributed by atoms with van der Waals surface area (Å²) in [6, 6.07) is 0. The molecular weight excluding hydrogens is 416 g/mol. The molecule has 1 atom stereocenters. The predicted molar refractivity (Wildman–Crippen MR) is 65.8 cm³/mol. The first kappa shape index (κ1) is 25.6. The molecule has 2 nitrogen and oxygen atoms in total. The van der Waals surface area contributed by atoms with Crippen LogP contribution in [-0.4, -0.2) is 48.1 Å². The zero-order valence-electron chi connectivity index (χ0n) is 13.8. The minimum absolute atomic E-state index is 0.930. The second kappa shape index (κ2) is 7.22. The van der Waals surface area contributed by atoms with Crippen LogP contribution in [0.3, 0.4) is 0 Å². The van der Waals surface area contributed by atoms with Gasteiger partial charge in [0.05, 0.1) is 18.9 Å². The molecule has 0 aromatic carbocycles. The van der Waals surface area contributed by atoms with E-state index in [1.807, 2.05) is 0 Å². The van der Waals surface area contributed by atoms with Crippen molar-refractivity contribution in [3.05, 3.63) is 0 Å². The fourth-order valence-corrected chi connectivity index (χ4v) is 1.59. The van der Waals surface area contributed by atoms with Crippen molar-refractivity contribution in [2.75, 3.05) is 6.61 Å². The lowest BCUT2D eigenvalue weighted by Crippen LogP contribution is -2.70. The van der Waals surface area contributed by atoms with Crippen LogP contribution in [-0.2, 0) is 9.53 Å². The molecule has 0 aromatic heterocycles. The summed E-state index contributed by atoms with van der Waals surface area (Å²) < 4.78 is 161. The van der Waals surface area contributed by atoms with Crippen molar-refractivity contribution in [3.8, 4) is 0 Å². The molecule has 0 aliphatic carbocycles. The summed E-state index contributed by atoms with van der Waals surface area (Å²) >= 11 is 0. The molecule has 0 rings (SSSR count). The van der Waals surface area contributed by atoms with Gasteiger partial charge in [0, 0.05) is 0 Å². The fraction of sp³-hybridized carbons (Fsp3) is 0.923. The average molecular weight is 430 g/mol. The number of halogens is 12. The molecule has 1 unspecified atom stereocenters. The minimum atomic E-state index is -7.16. The van der Waals surface area contributed by atoms with Crippen LogP contribution in [0.2, 0.25) is 0 Å². The molecule has 14 heteroatoms. The lowest BCUT2D eigenvalue weighted by Gasteiger charge is -2.42. The number of carbonyl (C=O) groups excluding carboxylic acids is 1. The lowest BCUT2D eigenvalue weighted by molar-refractivity contribution is -0.406. The number of hydrogen-bond acceptors (Lipinski definition) is 2. The first-order valence-electron chi connectivity index (χ1n) is 7.01. The Kier molecular flexibility index (Phi) is 6.86. The SMILES string of the molecule is CC(C)C(=O)OCCC(F)(F)C(F)(F)C(F)(F)C(C)(F)C(F)(F)C(F)(F)F. The highest BCUT2D eigenvalue weighted by atomic mass is 19.4. The van der Waals surface area contributed by atoms with E-state index in [1.54, 1.807) is 0 Å². The van der Waals surface area contributed by atoms with Gasteiger partial charge in [-0.1, -0.05) is 13.8 Å². The molecule has 0 heterocycles. The van der Waals surface area contributed by atoms with E-state index in [0.717, 1.165) is 0 Å². The molecule has 0 saturated heterocycles. The van der Waals surface area contributed by atoms with Crippen LogP contribution in [0.1, 0.15) is 27.2 Å². The minimum Gasteiger partial charge on any atom is -0.465 e. The first-order chi connectivity index (χ1) is 11.6. The molecule has 0 aromatic rings. The first-order valence-corrected chi connectivity index (χ1v) is 7.01. The van der Waals surface area contributed by atoms with Crippen LogP contribution in [0.5, 0.6) is 0 Å². The Morgan fingerprint density at radius 2 is 1.19 bits per heavy atom. The Balaban J connectivity index is 5.77. The topological polar surface area (TPSA) is 26.3 Å². The van der Waals surface area contributed by atoms with Gasteiger partial charge in [0.2, 0.25) is 5.67 Å². The van der Waals surface area contributed by atoms with Gasteiger partial charge in [-0.2, -0.15) is 48.3 Å². The van der Waals surface area contributed by atoms with Crippen LogP contribution < -0.4 is 0 Å². The number of ether oxygens (including phenoxy) is 1. The Morgan fingerprint density at radius 1 is 0.778 bits per heavy atom. The van der Waals surface area contributed by atoms with Crippen molar-refractivity contribution in [1.82, 2.24) is 0 Å². The summed E-state index contributed by atoms with van der Waals surface area (Å²) in [6.07, 6.45) is -9.46. The number of esters is 1. The van der Waals surface area contributed by atoms with Crippen molar-refractivity contribution >= 4 is 5.97 Å². The molecule has 162 valence electrons. The van der Waals surface area contributed by atoms with Gasteiger partial charge >= 0.3 is 35.8 Å². The number of alkyl halides is 12. The normalized spacial score (nSPS) is 17.0. The smallest absolute Gasteiger partial charge is 0.457 e. The third-order valence-electron chi connectivity index (χ3n) is 3.52. The molecule has 0 amide bonds. The van der Waals surface area contributed by atoms with Gasteiger partial charge in [0.1, 0.15) is 0 Å². The highest BCUT2D eigenvalue weighted by molar-refractivity contribution is 5.71. The fourth-order valence-electron chi connectivity index (χ4n) is 1.59. The highest BCUT2D eigenvalue weighted by Gasteiger charge is 2.87. The van der Waals surface area contributed by atoms with E-state index in [9.17, 15) is 57.5 Å². The Bertz CT molecular complexity index is 536. The van der Waals surface area contributed by atoms with Crippen LogP contribution in [0, 0.1) is 5.92 Å². The predicted octanol–water partition coefficient (Wildman–Crippen LogP) is 5.41. The van der Waals surface area contributed by atoms with Crippen molar-refractivity contribution in [1.29, 1.82) is 0 Å². The maximum absolute atomic E-state index is 13.6. The highest BCUT2D eigenvalue weighted by Crippen LogP contribution is 2.59. The molecule has 0 bridgehead atoms. The Morgan fingerprint density at radius 3 is 1.52 bits per heavy atom. The van der Waals surface area contributed by atoms with E-state index in [4.69, 9.17) is 0 Å². The third kappa shape index (κ3) is 4.23. The maximum Gasteiger partial charge on any atom is 0.457 e. The van der Waals surface area contributed by atoms with Crippen LogP contribution in [0.4, 0.5) is 52.7 Å². The summed E-state index contributed by atoms with van der Waals surface area (Å²) in [5, 5.41) is 0. The second-order valence-electron chi connectivity index (χ2n) is 6.00. The third-order valence-corrected chi connectivity index (χ3v) is 3.52. The largest absolute Gasteiger partial charge is 0.465 e. The molecule has 0 aliphatic heterocycles. The molecule has 0 aliphatic rings. The van der Waals surface area contributed by atoms with Crippen molar-refractivity contribution in [3.63, 3.8) is 0 Å². The molecule has 0 saturated carbocycles. The quantitative estimate of drug-likeness (QED) is 0.381. The van der Waals surface area contributed by atoms with E-state index in [0.29, 0.717) is 0 Å². The zero-order valence-corrected chi connectivity index (χ0v) is 13.8.